The first-order chi connectivity index (χ1) is 9.59. The van der Waals surface area contributed by atoms with Crippen molar-refractivity contribution in [1.29, 1.82) is 0 Å². The van der Waals surface area contributed by atoms with Crippen LogP contribution in [0, 0.1) is 11.3 Å². The maximum atomic E-state index is 12.2. The summed E-state index contributed by atoms with van der Waals surface area (Å²) in [6.45, 7) is 2.68. The van der Waals surface area contributed by atoms with Gasteiger partial charge in [0.2, 0.25) is 0 Å². The monoisotopic (exact) mass is 272 g/mol. The molecule has 0 saturated heterocycles. The first kappa shape index (κ1) is 12.5. The van der Waals surface area contributed by atoms with Gasteiger partial charge in [-0.2, -0.15) is 0 Å². The second-order valence-corrected chi connectivity index (χ2v) is 6.86. The average Bonchev–Trinajstić information content (AvgIpc) is 2.74. The summed E-state index contributed by atoms with van der Waals surface area (Å²) < 4.78 is 6.10. The quantitative estimate of drug-likeness (QED) is 0.681. The Kier molecular flexibility index (Phi) is 2.59. The molecule has 1 heterocycles. The molecule has 0 spiro atoms. The van der Waals surface area contributed by atoms with Gasteiger partial charge in [0.15, 0.2) is 5.78 Å². The summed E-state index contributed by atoms with van der Waals surface area (Å²) in [6.07, 6.45) is 7.00. The number of fused-ring (bicyclic) bond motifs is 4. The van der Waals surface area contributed by atoms with Gasteiger partial charge in [-0.05, 0) is 48.5 Å². The molecule has 3 nitrogen and oxygen atoms in total. The highest BCUT2D eigenvalue weighted by Gasteiger charge is 2.54. The van der Waals surface area contributed by atoms with Crippen LogP contribution in [-0.2, 0) is 14.3 Å². The normalized spacial score (nSPS) is 40.1. The molecule has 0 aromatic carbocycles. The predicted octanol–water partition coefficient (Wildman–Crippen LogP) is 2.75. The van der Waals surface area contributed by atoms with E-state index in [1.54, 1.807) is 6.08 Å². The van der Waals surface area contributed by atoms with Crippen LogP contribution in [0.15, 0.2) is 22.8 Å². The van der Waals surface area contributed by atoms with Crippen molar-refractivity contribution in [1.82, 2.24) is 0 Å². The number of ether oxygens (including phenoxy) is 1. The summed E-state index contributed by atoms with van der Waals surface area (Å²) in [4.78, 5) is 23.8. The zero-order valence-corrected chi connectivity index (χ0v) is 11.9. The number of Topliss-reactive ketones (excluding diaryl/α,β-unsaturated/α-hetero) is 1. The van der Waals surface area contributed by atoms with Crippen LogP contribution in [0.2, 0.25) is 0 Å². The number of hydrogen-bond acceptors (Lipinski definition) is 3. The van der Waals surface area contributed by atoms with Gasteiger partial charge in [-0.3, -0.25) is 9.59 Å². The van der Waals surface area contributed by atoms with Crippen LogP contribution in [-0.4, -0.2) is 24.3 Å². The molecule has 3 heteroatoms. The third-order valence-corrected chi connectivity index (χ3v) is 5.91. The molecule has 4 rings (SSSR count). The summed E-state index contributed by atoms with van der Waals surface area (Å²) >= 11 is 0. The standard InChI is InChI=1S/C17H20O3/c1-17-7-6-13-12-3-2-11(18)8-10(12)9-20-16(13)14(17)4-5-15(17)19/h8,14,16H,2-7,9H2,1H3/t14-,16+,17-/m0/s1. The molecule has 2 saturated carbocycles. The second-order valence-electron chi connectivity index (χ2n) is 6.86. The van der Waals surface area contributed by atoms with Gasteiger partial charge in [0.05, 0.1) is 12.7 Å². The van der Waals surface area contributed by atoms with Crippen LogP contribution < -0.4 is 0 Å². The van der Waals surface area contributed by atoms with E-state index < -0.39 is 0 Å². The van der Waals surface area contributed by atoms with Crippen LogP contribution in [0.1, 0.15) is 45.4 Å². The van der Waals surface area contributed by atoms with Crippen LogP contribution in [0.4, 0.5) is 0 Å². The van der Waals surface area contributed by atoms with Gasteiger partial charge in [0.1, 0.15) is 5.78 Å². The number of rotatable bonds is 0. The van der Waals surface area contributed by atoms with Crippen molar-refractivity contribution in [2.75, 3.05) is 6.61 Å². The van der Waals surface area contributed by atoms with Gasteiger partial charge in [0.25, 0.3) is 0 Å². The summed E-state index contributed by atoms with van der Waals surface area (Å²) in [5.41, 5.74) is 3.70. The van der Waals surface area contributed by atoms with E-state index in [-0.39, 0.29) is 17.3 Å². The highest BCUT2D eigenvalue weighted by atomic mass is 16.5. The Morgan fingerprint density at radius 1 is 1.20 bits per heavy atom. The zero-order valence-electron chi connectivity index (χ0n) is 11.9. The number of allylic oxidation sites excluding steroid dienone is 1. The number of hydrogen-bond donors (Lipinski definition) is 0. The molecule has 3 atom stereocenters. The molecule has 3 aliphatic carbocycles. The minimum atomic E-state index is -0.166. The van der Waals surface area contributed by atoms with E-state index in [0.29, 0.717) is 31.1 Å². The lowest BCUT2D eigenvalue weighted by atomic mass is 9.64. The molecule has 0 aromatic rings. The van der Waals surface area contributed by atoms with Crippen LogP contribution in [0.5, 0.6) is 0 Å². The van der Waals surface area contributed by atoms with Gasteiger partial charge < -0.3 is 4.74 Å². The van der Waals surface area contributed by atoms with E-state index >= 15 is 0 Å². The first-order valence-electron chi connectivity index (χ1n) is 7.70. The fraction of sp³-hybridized carbons (Fsp3) is 0.647. The lowest BCUT2D eigenvalue weighted by Gasteiger charge is -2.45. The van der Waals surface area contributed by atoms with Crippen molar-refractivity contribution in [2.45, 2.75) is 51.6 Å². The van der Waals surface area contributed by atoms with Crippen molar-refractivity contribution in [3.05, 3.63) is 22.8 Å². The Morgan fingerprint density at radius 3 is 2.90 bits per heavy atom. The fourth-order valence-electron chi connectivity index (χ4n) is 4.66. The molecule has 0 radical (unpaired) electrons. The maximum Gasteiger partial charge on any atom is 0.156 e. The van der Waals surface area contributed by atoms with Crippen LogP contribution in [0.25, 0.3) is 0 Å². The summed E-state index contributed by atoms with van der Waals surface area (Å²) in [7, 11) is 0. The summed E-state index contributed by atoms with van der Waals surface area (Å²) in [5, 5.41) is 0. The largest absolute Gasteiger partial charge is 0.369 e. The molecule has 106 valence electrons. The van der Waals surface area contributed by atoms with Crippen molar-refractivity contribution in [3.63, 3.8) is 0 Å². The van der Waals surface area contributed by atoms with Gasteiger partial charge in [0, 0.05) is 24.2 Å². The van der Waals surface area contributed by atoms with Crippen LogP contribution >= 0.6 is 0 Å². The number of carbonyl (C=O) groups excluding carboxylic acids is 2. The third-order valence-electron chi connectivity index (χ3n) is 5.91. The van der Waals surface area contributed by atoms with E-state index in [9.17, 15) is 9.59 Å². The van der Waals surface area contributed by atoms with Crippen molar-refractivity contribution in [3.8, 4) is 0 Å². The highest BCUT2D eigenvalue weighted by Crippen LogP contribution is 2.54. The number of carbonyl (C=O) groups is 2. The Morgan fingerprint density at radius 2 is 2.05 bits per heavy atom. The molecule has 0 aromatic heterocycles. The van der Waals surface area contributed by atoms with Crippen molar-refractivity contribution in [2.24, 2.45) is 11.3 Å². The summed E-state index contributed by atoms with van der Waals surface area (Å²) in [5.74, 6) is 1.00. The smallest absolute Gasteiger partial charge is 0.156 e. The highest BCUT2D eigenvalue weighted by molar-refractivity contribution is 5.93. The molecular weight excluding hydrogens is 252 g/mol. The molecule has 4 aliphatic rings. The SMILES string of the molecule is C[C@]12CCC3=C4CCC(=O)C=C4CO[C@H]3[C@@H]1CCC2=O. The van der Waals surface area contributed by atoms with Crippen LogP contribution in [0.3, 0.4) is 0 Å². The Bertz CT molecular complexity index is 569. The molecule has 1 aliphatic heterocycles. The second kappa shape index (κ2) is 4.14. The third kappa shape index (κ3) is 1.56. The van der Waals surface area contributed by atoms with E-state index in [0.717, 1.165) is 31.3 Å². The van der Waals surface area contributed by atoms with E-state index in [2.05, 4.69) is 6.92 Å². The Labute approximate surface area is 119 Å². The fourth-order valence-corrected chi connectivity index (χ4v) is 4.66. The maximum absolute atomic E-state index is 12.2. The van der Waals surface area contributed by atoms with Crippen molar-refractivity contribution < 1.29 is 14.3 Å². The molecule has 0 amide bonds. The zero-order chi connectivity index (χ0) is 13.9. The van der Waals surface area contributed by atoms with E-state index in [4.69, 9.17) is 4.74 Å². The van der Waals surface area contributed by atoms with Gasteiger partial charge in [-0.15, -0.1) is 0 Å². The molecule has 0 unspecified atom stereocenters. The minimum absolute atomic E-state index is 0.126. The minimum Gasteiger partial charge on any atom is -0.369 e. The molecule has 2 fully saturated rings. The Balaban J connectivity index is 1.76. The summed E-state index contributed by atoms with van der Waals surface area (Å²) in [6, 6.07) is 0. The topological polar surface area (TPSA) is 43.4 Å². The predicted molar refractivity (Wildman–Crippen MR) is 74.2 cm³/mol. The molecule has 0 bridgehead atoms. The first-order valence-corrected chi connectivity index (χ1v) is 7.70. The van der Waals surface area contributed by atoms with E-state index in [1.165, 1.54) is 11.1 Å². The van der Waals surface area contributed by atoms with Gasteiger partial charge >= 0.3 is 0 Å². The molecule has 0 N–H and O–H groups in total. The van der Waals surface area contributed by atoms with Crippen molar-refractivity contribution >= 4 is 11.6 Å². The van der Waals surface area contributed by atoms with E-state index in [1.807, 2.05) is 0 Å². The van der Waals surface area contributed by atoms with Gasteiger partial charge in [-0.25, -0.2) is 0 Å². The lowest BCUT2D eigenvalue weighted by molar-refractivity contribution is -0.130. The molecule has 20 heavy (non-hydrogen) atoms. The average molecular weight is 272 g/mol. The molecular formula is C17H20O3. The Hall–Kier alpha value is -1.22. The van der Waals surface area contributed by atoms with Gasteiger partial charge in [-0.1, -0.05) is 6.92 Å². The lowest BCUT2D eigenvalue weighted by Crippen LogP contribution is -2.45. The number of ketones is 2.